The van der Waals surface area contributed by atoms with E-state index in [9.17, 15) is 4.79 Å². The van der Waals surface area contributed by atoms with Gasteiger partial charge in [0.05, 0.1) is 24.7 Å². The van der Waals surface area contributed by atoms with Crippen LogP contribution in [0.15, 0.2) is 11.3 Å². The standard InChI is InChI=1S/C10H16N4O2/c1-3-5-9-11-6-8(13-9)7-12-14-10(15)16-4-2/h6-7H,3-5H2,1-2H3,(H,11,13)(H,14,15)/b12-7-. The van der Waals surface area contributed by atoms with Crippen LogP contribution in [0.5, 0.6) is 0 Å². The second-order valence-corrected chi connectivity index (χ2v) is 3.13. The molecule has 2 N–H and O–H groups in total. The van der Waals surface area contributed by atoms with E-state index < -0.39 is 6.09 Å². The predicted octanol–water partition coefficient (Wildman–Crippen LogP) is 1.44. The molecule has 0 spiro atoms. The highest BCUT2D eigenvalue weighted by molar-refractivity contribution is 5.78. The van der Waals surface area contributed by atoms with Gasteiger partial charge in [0.2, 0.25) is 0 Å². The van der Waals surface area contributed by atoms with Crippen molar-refractivity contribution >= 4 is 12.3 Å². The van der Waals surface area contributed by atoms with Crippen LogP contribution in [-0.4, -0.2) is 28.9 Å². The van der Waals surface area contributed by atoms with Gasteiger partial charge in [0, 0.05) is 6.42 Å². The quantitative estimate of drug-likeness (QED) is 0.586. The number of carbonyl (C=O) groups excluding carboxylic acids is 1. The monoisotopic (exact) mass is 224 g/mol. The molecule has 0 fully saturated rings. The van der Waals surface area contributed by atoms with Crippen LogP contribution in [0.2, 0.25) is 0 Å². The van der Waals surface area contributed by atoms with E-state index in [-0.39, 0.29) is 0 Å². The van der Waals surface area contributed by atoms with Crippen LogP contribution < -0.4 is 5.43 Å². The molecule has 0 radical (unpaired) electrons. The molecule has 1 amide bonds. The summed E-state index contributed by atoms with van der Waals surface area (Å²) < 4.78 is 4.63. The molecule has 88 valence electrons. The van der Waals surface area contributed by atoms with Gasteiger partial charge in [-0.1, -0.05) is 6.92 Å². The molecule has 0 saturated heterocycles. The van der Waals surface area contributed by atoms with Crippen LogP contribution in [0.25, 0.3) is 0 Å². The molecular formula is C10H16N4O2. The summed E-state index contributed by atoms with van der Waals surface area (Å²) in [4.78, 5) is 18.1. The molecule has 1 aromatic rings. The summed E-state index contributed by atoms with van der Waals surface area (Å²) >= 11 is 0. The van der Waals surface area contributed by atoms with E-state index in [4.69, 9.17) is 0 Å². The Hall–Kier alpha value is -1.85. The van der Waals surface area contributed by atoms with Gasteiger partial charge in [-0.3, -0.25) is 0 Å². The Kier molecular flexibility index (Phi) is 5.04. The van der Waals surface area contributed by atoms with Gasteiger partial charge in [-0.2, -0.15) is 5.10 Å². The molecule has 0 aliphatic rings. The number of hydrogen-bond acceptors (Lipinski definition) is 4. The molecule has 1 rings (SSSR count). The lowest BCUT2D eigenvalue weighted by Crippen LogP contribution is -2.18. The van der Waals surface area contributed by atoms with Crippen molar-refractivity contribution in [3.8, 4) is 0 Å². The number of nitrogens with zero attached hydrogens (tertiary/aromatic N) is 2. The first kappa shape index (κ1) is 12.2. The Balaban J connectivity index is 2.40. The molecule has 6 heteroatoms. The Morgan fingerprint density at radius 3 is 3.19 bits per heavy atom. The van der Waals surface area contributed by atoms with Crippen molar-refractivity contribution in [1.82, 2.24) is 15.4 Å². The van der Waals surface area contributed by atoms with Gasteiger partial charge in [0.1, 0.15) is 5.82 Å². The topological polar surface area (TPSA) is 79.4 Å². The maximum absolute atomic E-state index is 10.9. The van der Waals surface area contributed by atoms with Gasteiger partial charge >= 0.3 is 6.09 Å². The summed E-state index contributed by atoms with van der Waals surface area (Å²) in [5.74, 6) is 0.917. The van der Waals surface area contributed by atoms with Crippen molar-refractivity contribution in [2.75, 3.05) is 6.61 Å². The number of imidazole rings is 1. The van der Waals surface area contributed by atoms with Crippen LogP contribution in [0.4, 0.5) is 4.79 Å². The highest BCUT2D eigenvalue weighted by atomic mass is 16.5. The summed E-state index contributed by atoms with van der Waals surface area (Å²) in [6, 6.07) is 0. The van der Waals surface area contributed by atoms with Gasteiger partial charge in [-0.15, -0.1) is 0 Å². The van der Waals surface area contributed by atoms with E-state index in [0.717, 1.165) is 24.4 Å². The summed E-state index contributed by atoms with van der Waals surface area (Å²) in [5.41, 5.74) is 2.98. The second kappa shape index (κ2) is 6.60. The largest absolute Gasteiger partial charge is 0.449 e. The number of aryl methyl sites for hydroxylation is 1. The first-order chi connectivity index (χ1) is 7.76. The predicted molar refractivity (Wildman–Crippen MR) is 60.3 cm³/mol. The molecule has 0 atom stereocenters. The number of aromatic amines is 1. The fraction of sp³-hybridized carbons (Fsp3) is 0.500. The lowest BCUT2D eigenvalue weighted by Gasteiger charge is -1.97. The molecule has 6 nitrogen and oxygen atoms in total. The van der Waals surface area contributed by atoms with Gasteiger partial charge in [-0.25, -0.2) is 15.2 Å². The second-order valence-electron chi connectivity index (χ2n) is 3.13. The Labute approximate surface area is 94.1 Å². The highest BCUT2D eigenvalue weighted by Gasteiger charge is 1.98. The Morgan fingerprint density at radius 1 is 1.69 bits per heavy atom. The first-order valence-electron chi connectivity index (χ1n) is 5.26. The maximum Gasteiger partial charge on any atom is 0.427 e. The smallest absolute Gasteiger partial charge is 0.427 e. The molecule has 0 unspecified atom stereocenters. The number of aromatic nitrogens is 2. The number of H-pyrrole nitrogens is 1. The fourth-order valence-corrected chi connectivity index (χ4v) is 1.13. The van der Waals surface area contributed by atoms with E-state index in [2.05, 4.69) is 32.2 Å². The Morgan fingerprint density at radius 2 is 2.50 bits per heavy atom. The van der Waals surface area contributed by atoms with Crippen LogP contribution in [0, 0.1) is 0 Å². The van der Waals surface area contributed by atoms with E-state index in [0.29, 0.717) is 6.61 Å². The van der Waals surface area contributed by atoms with Crippen molar-refractivity contribution < 1.29 is 9.53 Å². The molecule has 16 heavy (non-hydrogen) atoms. The SMILES string of the molecule is CCCc1ncc(/C=N\NC(=O)OCC)[nH]1. The minimum absolute atomic E-state index is 0.325. The molecule has 1 aromatic heterocycles. The average Bonchev–Trinajstić information content (AvgIpc) is 2.67. The summed E-state index contributed by atoms with van der Waals surface area (Å²) in [5, 5.41) is 3.71. The van der Waals surface area contributed by atoms with Crippen LogP contribution in [0.1, 0.15) is 31.8 Å². The lowest BCUT2D eigenvalue weighted by atomic mass is 10.3. The third-order valence-corrected chi connectivity index (χ3v) is 1.77. The van der Waals surface area contributed by atoms with Crippen molar-refractivity contribution in [2.24, 2.45) is 5.10 Å². The van der Waals surface area contributed by atoms with Crippen molar-refractivity contribution in [3.05, 3.63) is 17.7 Å². The maximum atomic E-state index is 10.9. The number of hydrogen-bond donors (Lipinski definition) is 2. The van der Waals surface area contributed by atoms with Gasteiger partial charge in [0.25, 0.3) is 0 Å². The Bertz CT molecular complexity index is 359. The van der Waals surface area contributed by atoms with Crippen molar-refractivity contribution in [1.29, 1.82) is 0 Å². The fourth-order valence-electron chi connectivity index (χ4n) is 1.13. The van der Waals surface area contributed by atoms with Crippen molar-refractivity contribution in [3.63, 3.8) is 0 Å². The van der Waals surface area contributed by atoms with Crippen LogP contribution in [-0.2, 0) is 11.2 Å². The van der Waals surface area contributed by atoms with Gasteiger partial charge < -0.3 is 9.72 Å². The number of hydrazone groups is 1. The zero-order valence-corrected chi connectivity index (χ0v) is 9.49. The van der Waals surface area contributed by atoms with Crippen molar-refractivity contribution in [2.45, 2.75) is 26.7 Å². The molecule has 0 aliphatic carbocycles. The minimum Gasteiger partial charge on any atom is -0.449 e. The summed E-state index contributed by atoms with van der Waals surface area (Å²) in [7, 11) is 0. The van der Waals surface area contributed by atoms with E-state index >= 15 is 0 Å². The molecule has 0 aromatic carbocycles. The lowest BCUT2D eigenvalue weighted by molar-refractivity contribution is 0.152. The highest BCUT2D eigenvalue weighted by Crippen LogP contribution is 1.97. The van der Waals surface area contributed by atoms with E-state index in [1.165, 1.54) is 6.21 Å². The normalized spacial score (nSPS) is 10.6. The van der Waals surface area contributed by atoms with E-state index in [1.807, 2.05) is 0 Å². The van der Waals surface area contributed by atoms with E-state index in [1.54, 1.807) is 13.1 Å². The summed E-state index contributed by atoms with van der Waals surface area (Å²) in [6.07, 6.45) is 4.53. The molecule has 1 heterocycles. The number of ether oxygens (including phenoxy) is 1. The van der Waals surface area contributed by atoms with Gasteiger partial charge in [0.15, 0.2) is 0 Å². The third-order valence-electron chi connectivity index (χ3n) is 1.77. The molecule has 0 aliphatic heterocycles. The number of nitrogens with one attached hydrogen (secondary N) is 2. The number of carbonyl (C=O) groups is 1. The van der Waals surface area contributed by atoms with Gasteiger partial charge in [-0.05, 0) is 13.3 Å². The van der Waals surface area contributed by atoms with Crippen LogP contribution >= 0.6 is 0 Å². The molecular weight excluding hydrogens is 208 g/mol. The minimum atomic E-state index is -0.563. The average molecular weight is 224 g/mol. The number of rotatable bonds is 5. The first-order valence-corrected chi connectivity index (χ1v) is 5.26. The summed E-state index contributed by atoms with van der Waals surface area (Å²) in [6.45, 7) is 4.14. The number of amides is 1. The molecule has 0 saturated carbocycles. The zero-order chi connectivity index (χ0) is 11.8. The third kappa shape index (κ3) is 4.12. The zero-order valence-electron chi connectivity index (χ0n) is 9.49. The van der Waals surface area contributed by atoms with Crippen LogP contribution in [0.3, 0.4) is 0 Å². The molecule has 0 bridgehead atoms.